The van der Waals surface area contributed by atoms with Crippen LogP contribution in [0.2, 0.25) is 0 Å². The minimum absolute atomic E-state index is 0.000247. The summed E-state index contributed by atoms with van der Waals surface area (Å²) in [5.74, 6) is -1.70. The number of rotatable bonds is 3. The highest BCUT2D eigenvalue weighted by Crippen LogP contribution is 2.49. The van der Waals surface area contributed by atoms with Gasteiger partial charge in [-0.15, -0.1) is 5.10 Å². The van der Waals surface area contributed by atoms with Crippen molar-refractivity contribution in [2.24, 2.45) is 0 Å². The van der Waals surface area contributed by atoms with E-state index in [1.54, 1.807) is 12.1 Å². The number of hydrogen-bond donors (Lipinski definition) is 4. The Morgan fingerprint density at radius 3 is 2.80 bits per heavy atom. The molecule has 0 aliphatic heterocycles. The van der Waals surface area contributed by atoms with Gasteiger partial charge in [0.05, 0.1) is 11.9 Å². The number of aliphatic hydroxyl groups is 1. The molecule has 3 aromatic heterocycles. The van der Waals surface area contributed by atoms with Crippen LogP contribution in [0.25, 0.3) is 17.2 Å². The fraction of sp³-hybridized carbons (Fsp3) is 0.111. The molecule has 104 valence electrons. The lowest BCUT2D eigenvalue weighted by molar-refractivity contribution is 0.201. The molecule has 0 amide bonds. The van der Waals surface area contributed by atoms with Crippen LogP contribution in [0.4, 0.5) is 0 Å². The molecule has 0 aromatic carbocycles. The minimum Gasteiger partial charge on any atom is -0.375 e. The Morgan fingerprint density at radius 1 is 1.35 bits per heavy atom. The van der Waals surface area contributed by atoms with Crippen molar-refractivity contribution >= 4 is 13.2 Å². The van der Waals surface area contributed by atoms with E-state index < -0.39 is 13.4 Å². The zero-order chi connectivity index (χ0) is 14.3. The second-order valence-corrected chi connectivity index (χ2v) is 5.67. The molecule has 3 rings (SSSR count). The summed E-state index contributed by atoms with van der Waals surface area (Å²) in [5.41, 5.74) is 0.786. The number of nitrogens with zero attached hydrogens (tertiary/aromatic N) is 5. The average Bonchev–Trinajstić information content (AvgIpc) is 3.04. The Kier molecular flexibility index (Phi) is 2.87. The van der Waals surface area contributed by atoms with Crippen LogP contribution in [-0.2, 0) is 4.57 Å². The monoisotopic (exact) mass is 296 g/mol. The van der Waals surface area contributed by atoms with E-state index in [1.165, 1.54) is 16.7 Å². The van der Waals surface area contributed by atoms with E-state index in [0.717, 1.165) is 0 Å². The quantitative estimate of drug-likeness (QED) is 0.480. The summed E-state index contributed by atoms with van der Waals surface area (Å²) in [6, 6.07) is 4.56. The molecule has 0 aliphatic rings. The predicted octanol–water partition coefficient (Wildman–Crippen LogP) is -0.317. The van der Waals surface area contributed by atoms with Gasteiger partial charge < -0.3 is 14.9 Å². The molecule has 11 heteroatoms. The van der Waals surface area contributed by atoms with Gasteiger partial charge in [0.2, 0.25) is 0 Å². The first-order valence-corrected chi connectivity index (χ1v) is 7.10. The van der Waals surface area contributed by atoms with Crippen molar-refractivity contribution in [2.75, 3.05) is 0 Å². The molecule has 20 heavy (non-hydrogen) atoms. The topological polar surface area (TPSA) is 150 Å². The van der Waals surface area contributed by atoms with E-state index in [4.69, 9.17) is 9.79 Å². The van der Waals surface area contributed by atoms with Crippen LogP contribution in [-0.4, -0.2) is 44.9 Å². The number of fused-ring (bicyclic) bond motifs is 1. The van der Waals surface area contributed by atoms with Crippen LogP contribution in [0.5, 0.6) is 0 Å². The summed E-state index contributed by atoms with van der Waals surface area (Å²) in [7, 11) is -4.71. The van der Waals surface area contributed by atoms with Gasteiger partial charge in [0.25, 0.3) is 0 Å². The second kappa shape index (κ2) is 4.46. The fourth-order valence-corrected chi connectivity index (χ4v) is 2.42. The lowest BCUT2D eigenvalue weighted by Crippen LogP contribution is -2.06. The number of nitrogens with one attached hydrogen (secondary N) is 1. The van der Waals surface area contributed by atoms with Crippen molar-refractivity contribution < 1.29 is 19.5 Å². The molecule has 4 N–H and O–H groups in total. The third kappa shape index (κ3) is 2.00. The smallest absolute Gasteiger partial charge is 0.359 e. The molecule has 1 unspecified atom stereocenters. The fourth-order valence-electron chi connectivity index (χ4n) is 1.87. The summed E-state index contributed by atoms with van der Waals surface area (Å²) >= 11 is 0. The molecule has 0 radical (unpaired) electrons. The largest absolute Gasteiger partial charge is 0.375 e. The van der Waals surface area contributed by atoms with Gasteiger partial charge in [-0.2, -0.15) is 0 Å². The molecule has 3 aromatic rings. The highest BCUT2D eigenvalue weighted by Gasteiger charge is 2.31. The van der Waals surface area contributed by atoms with Crippen LogP contribution in [0.15, 0.2) is 24.4 Å². The molecular weight excluding hydrogens is 287 g/mol. The molecule has 3 heterocycles. The van der Waals surface area contributed by atoms with Crippen molar-refractivity contribution in [3.63, 3.8) is 0 Å². The predicted molar refractivity (Wildman–Crippen MR) is 65.4 cm³/mol. The molecular formula is C9H9N6O4P. The van der Waals surface area contributed by atoms with Crippen LogP contribution in [0.1, 0.15) is 11.5 Å². The van der Waals surface area contributed by atoms with Gasteiger partial charge >= 0.3 is 7.60 Å². The van der Waals surface area contributed by atoms with Gasteiger partial charge in [0, 0.05) is 0 Å². The molecule has 0 aliphatic carbocycles. The summed E-state index contributed by atoms with van der Waals surface area (Å²) in [5, 5.41) is 22.9. The van der Waals surface area contributed by atoms with E-state index in [9.17, 15) is 9.67 Å². The van der Waals surface area contributed by atoms with E-state index >= 15 is 0 Å². The number of hydrogen-bond acceptors (Lipinski definition) is 6. The molecule has 0 fully saturated rings. The maximum atomic E-state index is 11.3. The molecule has 10 nitrogen and oxygen atoms in total. The van der Waals surface area contributed by atoms with Gasteiger partial charge in [-0.25, -0.2) is 10.1 Å². The van der Waals surface area contributed by atoms with Crippen molar-refractivity contribution in [3.05, 3.63) is 30.1 Å². The van der Waals surface area contributed by atoms with Crippen molar-refractivity contribution in [2.45, 2.75) is 5.85 Å². The number of aromatic amines is 1. The Hall–Kier alpha value is -2.13. The normalized spacial score (nSPS) is 13.8. The second-order valence-electron chi connectivity index (χ2n) is 4.00. The zero-order valence-electron chi connectivity index (χ0n) is 9.82. The van der Waals surface area contributed by atoms with Crippen molar-refractivity contribution in [1.29, 1.82) is 0 Å². The van der Waals surface area contributed by atoms with Crippen molar-refractivity contribution in [3.8, 4) is 11.5 Å². The molecule has 0 bridgehead atoms. The summed E-state index contributed by atoms with van der Waals surface area (Å²) in [6.45, 7) is 0. The standard InChI is InChI=1S/C9H9N6O4P/c16-9(20(17,18)19)5-2-1-3-7-10-4-6(15(5)7)8-11-13-14-12-8/h1-4,9,16H,(H2,17,18,19)(H,11,12,13,14). The summed E-state index contributed by atoms with van der Waals surface area (Å²) in [6.07, 6.45) is 1.44. The van der Waals surface area contributed by atoms with Crippen LogP contribution >= 0.6 is 7.60 Å². The third-order valence-electron chi connectivity index (χ3n) is 2.73. The van der Waals surface area contributed by atoms with Crippen molar-refractivity contribution in [1.82, 2.24) is 30.0 Å². The van der Waals surface area contributed by atoms with Crippen LogP contribution in [0, 0.1) is 0 Å². The molecule has 0 saturated carbocycles. The first kappa shape index (κ1) is 12.9. The van der Waals surface area contributed by atoms with Gasteiger partial charge in [-0.3, -0.25) is 8.97 Å². The zero-order valence-corrected chi connectivity index (χ0v) is 10.7. The highest BCUT2D eigenvalue weighted by atomic mass is 31.2. The number of aromatic nitrogens is 6. The van der Waals surface area contributed by atoms with Gasteiger partial charge in [-0.05, 0) is 22.6 Å². The Bertz CT molecular complexity index is 794. The number of imidazole rings is 1. The Morgan fingerprint density at radius 2 is 2.15 bits per heavy atom. The van der Waals surface area contributed by atoms with E-state index in [2.05, 4.69) is 25.6 Å². The molecule has 1 atom stereocenters. The van der Waals surface area contributed by atoms with E-state index in [1.807, 2.05) is 0 Å². The van der Waals surface area contributed by atoms with Crippen LogP contribution < -0.4 is 0 Å². The number of aliphatic hydroxyl groups excluding tert-OH is 1. The van der Waals surface area contributed by atoms with E-state index in [0.29, 0.717) is 11.3 Å². The van der Waals surface area contributed by atoms with E-state index in [-0.39, 0.29) is 11.5 Å². The first-order valence-electron chi connectivity index (χ1n) is 5.42. The molecule has 0 saturated heterocycles. The van der Waals surface area contributed by atoms with Gasteiger partial charge in [-0.1, -0.05) is 6.07 Å². The number of H-pyrrole nitrogens is 1. The number of tetrazole rings is 1. The van der Waals surface area contributed by atoms with Gasteiger partial charge in [0.15, 0.2) is 11.7 Å². The minimum atomic E-state index is -4.71. The summed E-state index contributed by atoms with van der Waals surface area (Å²) < 4.78 is 12.6. The van der Waals surface area contributed by atoms with Crippen LogP contribution in [0.3, 0.4) is 0 Å². The first-order chi connectivity index (χ1) is 9.48. The lowest BCUT2D eigenvalue weighted by Gasteiger charge is -2.15. The highest BCUT2D eigenvalue weighted by molar-refractivity contribution is 7.51. The van der Waals surface area contributed by atoms with Gasteiger partial charge in [0.1, 0.15) is 11.3 Å². The Labute approximate surface area is 111 Å². The maximum Gasteiger partial charge on any atom is 0.359 e. The third-order valence-corrected chi connectivity index (χ3v) is 3.63. The number of pyridine rings is 1. The SMILES string of the molecule is O=P(O)(O)C(O)c1cccc2ncc(-c3nnn[nH]3)n12. The lowest BCUT2D eigenvalue weighted by atomic mass is 10.3. The average molecular weight is 296 g/mol. The maximum absolute atomic E-state index is 11.3. The Balaban J connectivity index is 2.28. The summed E-state index contributed by atoms with van der Waals surface area (Å²) in [4.78, 5) is 22.4. The molecule has 0 spiro atoms.